The van der Waals surface area contributed by atoms with Crippen LogP contribution in [-0.4, -0.2) is 76.7 Å². The lowest BCUT2D eigenvalue weighted by molar-refractivity contribution is -0.141. The maximum absolute atomic E-state index is 13.0. The Morgan fingerprint density at radius 2 is 1.76 bits per heavy atom. The average molecular weight is 516 g/mol. The first-order valence-electron chi connectivity index (χ1n) is 12.8. The van der Waals surface area contributed by atoms with E-state index in [-0.39, 0.29) is 12.1 Å². The summed E-state index contributed by atoms with van der Waals surface area (Å²) in [6, 6.07) is 7.98. The van der Waals surface area contributed by atoms with E-state index in [1.807, 2.05) is 16.9 Å². The standard InChI is InChI=1S/C27H32F3N5O2/c1-33-10-6-20(7-11-33)34-12-8-21(9-13-34)35-17-19-14-18(25(37-2)16-23(19)32-35)15-24(36)22-4-3-5-26(31-22)27(28,29)30/h3-5,14,16-17,20-21H,6-13,15H2,1-2H3. The molecule has 0 atom stereocenters. The van der Waals surface area contributed by atoms with Crippen molar-refractivity contribution < 1.29 is 22.7 Å². The van der Waals surface area contributed by atoms with Crippen molar-refractivity contribution in [1.82, 2.24) is 24.6 Å². The van der Waals surface area contributed by atoms with Crippen LogP contribution in [-0.2, 0) is 12.6 Å². The molecule has 7 nitrogen and oxygen atoms in total. The molecule has 2 aromatic heterocycles. The van der Waals surface area contributed by atoms with E-state index in [2.05, 4.69) is 21.8 Å². The molecule has 4 heterocycles. The first-order valence-corrected chi connectivity index (χ1v) is 12.8. The molecule has 3 aromatic rings. The molecule has 0 bridgehead atoms. The first kappa shape index (κ1) is 25.7. The molecule has 198 valence electrons. The number of nitrogens with zero attached hydrogens (tertiary/aromatic N) is 5. The van der Waals surface area contributed by atoms with Gasteiger partial charge in [-0.25, -0.2) is 4.98 Å². The van der Waals surface area contributed by atoms with Gasteiger partial charge in [-0.1, -0.05) is 6.07 Å². The van der Waals surface area contributed by atoms with Crippen LogP contribution in [0.15, 0.2) is 36.5 Å². The number of alkyl halides is 3. The van der Waals surface area contributed by atoms with Crippen LogP contribution in [0.3, 0.4) is 0 Å². The first-order chi connectivity index (χ1) is 17.7. The molecule has 0 spiro atoms. The summed E-state index contributed by atoms with van der Waals surface area (Å²) >= 11 is 0. The fourth-order valence-electron chi connectivity index (χ4n) is 5.52. The number of hydrogen-bond acceptors (Lipinski definition) is 6. The molecule has 0 unspecified atom stereocenters. The van der Waals surface area contributed by atoms with Gasteiger partial charge in [-0.3, -0.25) is 9.48 Å². The van der Waals surface area contributed by atoms with Crippen LogP contribution < -0.4 is 4.74 Å². The number of likely N-dealkylation sites (tertiary alicyclic amines) is 2. The van der Waals surface area contributed by atoms with E-state index < -0.39 is 17.7 Å². The second-order valence-electron chi connectivity index (χ2n) is 10.1. The van der Waals surface area contributed by atoms with Crippen molar-refractivity contribution in [3.05, 3.63) is 53.5 Å². The molecule has 1 aromatic carbocycles. The summed E-state index contributed by atoms with van der Waals surface area (Å²) in [4.78, 5) is 21.4. The molecule has 2 saturated heterocycles. The third-order valence-electron chi connectivity index (χ3n) is 7.68. The van der Waals surface area contributed by atoms with E-state index in [9.17, 15) is 18.0 Å². The number of carbonyl (C=O) groups is 1. The molecule has 0 amide bonds. The molecule has 37 heavy (non-hydrogen) atoms. The van der Waals surface area contributed by atoms with Gasteiger partial charge in [0.1, 0.15) is 17.1 Å². The Hall–Kier alpha value is -2.98. The van der Waals surface area contributed by atoms with Gasteiger partial charge in [0.25, 0.3) is 0 Å². The van der Waals surface area contributed by atoms with Gasteiger partial charge in [0.05, 0.1) is 18.7 Å². The van der Waals surface area contributed by atoms with Crippen molar-refractivity contribution in [1.29, 1.82) is 0 Å². The second-order valence-corrected chi connectivity index (χ2v) is 10.1. The number of benzene rings is 1. The lowest BCUT2D eigenvalue weighted by atomic mass is 9.98. The predicted octanol–water partition coefficient (Wildman–Crippen LogP) is 4.62. The number of ketones is 1. The number of Topliss-reactive ketones (excluding diaryl/α,β-unsaturated/α-hetero) is 1. The number of aromatic nitrogens is 3. The van der Waals surface area contributed by atoms with Crippen LogP contribution >= 0.6 is 0 Å². The monoisotopic (exact) mass is 515 g/mol. The van der Waals surface area contributed by atoms with E-state index in [0.717, 1.165) is 56.0 Å². The zero-order valence-corrected chi connectivity index (χ0v) is 21.2. The van der Waals surface area contributed by atoms with Gasteiger partial charge in [-0.2, -0.15) is 18.3 Å². The number of halogens is 3. The number of hydrogen-bond donors (Lipinski definition) is 0. The smallest absolute Gasteiger partial charge is 0.433 e. The molecule has 2 aliphatic rings. The number of carbonyl (C=O) groups excluding carboxylic acids is 1. The summed E-state index contributed by atoms with van der Waals surface area (Å²) < 4.78 is 46.6. The van der Waals surface area contributed by atoms with Gasteiger partial charge in [-0.05, 0) is 64.0 Å². The Morgan fingerprint density at radius 1 is 1.05 bits per heavy atom. The normalized spacial score (nSPS) is 18.9. The molecule has 0 aliphatic carbocycles. The number of rotatable bonds is 6. The Labute approximate surface area is 214 Å². The lowest BCUT2D eigenvalue weighted by Crippen LogP contribution is -2.47. The fraction of sp³-hybridized carbons (Fsp3) is 0.519. The van der Waals surface area contributed by atoms with Gasteiger partial charge in [0, 0.05) is 48.8 Å². The van der Waals surface area contributed by atoms with Crippen LogP contribution in [0, 0.1) is 0 Å². The lowest BCUT2D eigenvalue weighted by Gasteiger charge is -2.41. The van der Waals surface area contributed by atoms with E-state index in [1.165, 1.54) is 32.1 Å². The molecule has 0 N–H and O–H groups in total. The number of piperidine rings is 2. The zero-order chi connectivity index (χ0) is 26.2. The highest BCUT2D eigenvalue weighted by Crippen LogP contribution is 2.31. The van der Waals surface area contributed by atoms with E-state index in [4.69, 9.17) is 9.84 Å². The summed E-state index contributed by atoms with van der Waals surface area (Å²) in [7, 11) is 3.69. The number of ether oxygens (including phenoxy) is 1. The van der Waals surface area contributed by atoms with Crippen LogP contribution in [0.2, 0.25) is 0 Å². The SMILES string of the molecule is COc1cc2nn(C3CCN(C4CCN(C)CC4)CC3)cc2cc1CC(=O)c1cccc(C(F)(F)F)n1. The van der Waals surface area contributed by atoms with Gasteiger partial charge in [0.15, 0.2) is 5.78 Å². The molecule has 10 heteroatoms. The van der Waals surface area contributed by atoms with Crippen molar-refractivity contribution in [2.24, 2.45) is 0 Å². The van der Waals surface area contributed by atoms with Crippen molar-refractivity contribution in [2.75, 3.05) is 40.3 Å². The fourth-order valence-corrected chi connectivity index (χ4v) is 5.52. The van der Waals surface area contributed by atoms with Gasteiger partial charge in [0.2, 0.25) is 0 Å². The largest absolute Gasteiger partial charge is 0.496 e. The van der Waals surface area contributed by atoms with Crippen LogP contribution in [0.1, 0.15) is 53.5 Å². The maximum Gasteiger partial charge on any atom is 0.433 e. The quantitative estimate of drug-likeness (QED) is 0.447. The molecule has 0 saturated carbocycles. The topological polar surface area (TPSA) is 63.5 Å². The third-order valence-corrected chi connectivity index (χ3v) is 7.68. The zero-order valence-electron chi connectivity index (χ0n) is 21.2. The highest BCUT2D eigenvalue weighted by atomic mass is 19.4. The molecule has 0 radical (unpaired) electrons. The highest BCUT2D eigenvalue weighted by molar-refractivity contribution is 5.97. The molecular formula is C27H32F3N5O2. The Bertz CT molecular complexity index is 1260. The Kier molecular flexibility index (Phi) is 7.22. The number of fused-ring (bicyclic) bond motifs is 1. The van der Waals surface area contributed by atoms with Crippen molar-refractivity contribution in [2.45, 2.75) is 50.4 Å². The predicted molar refractivity (Wildman–Crippen MR) is 134 cm³/mol. The van der Waals surface area contributed by atoms with Crippen molar-refractivity contribution in [3.8, 4) is 5.75 Å². The Balaban J connectivity index is 1.30. The van der Waals surface area contributed by atoms with Crippen molar-refractivity contribution in [3.63, 3.8) is 0 Å². The second kappa shape index (κ2) is 10.4. The molecular weight excluding hydrogens is 483 g/mol. The number of methoxy groups -OCH3 is 1. The minimum absolute atomic E-state index is 0.117. The highest BCUT2D eigenvalue weighted by Gasteiger charge is 2.33. The summed E-state index contributed by atoms with van der Waals surface area (Å²) in [5, 5.41) is 5.67. The van der Waals surface area contributed by atoms with E-state index >= 15 is 0 Å². The van der Waals surface area contributed by atoms with E-state index in [1.54, 1.807) is 6.07 Å². The van der Waals surface area contributed by atoms with Crippen LogP contribution in [0.4, 0.5) is 13.2 Å². The van der Waals surface area contributed by atoms with Gasteiger partial charge < -0.3 is 14.5 Å². The number of pyridine rings is 1. The van der Waals surface area contributed by atoms with E-state index in [0.29, 0.717) is 23.4 Å². The van der Waals surface area contributed by atoms with Crippen molar-refractivity contribution >= 4 is 16.7 Å². The Morgan fingerprint density at radius 3 is 2.43 bits per heavy atom. The van der Waals surface area contributed by atoms with Gasteiger partial charge >= 0.3 is 6.18 Å². The van der Waals surface area contributed by atoms with Crippen LogP contribution in [0.25, 0.3) is 10.9 Å². The minimum Gasteiger partial charge on any atom is -0.496 e. The van der Waals surface area contributed by atoms with Gasteiger partial charge in [-0.15, -0.1) is 0 Å². The molecule has 2 fully saturated rings. The minimum atomic E-state index is -4.61. The third kappa shape index (κ3) is 5.65. The summed E-state index contributed by atoms with van der Waals surface area (Å²) in [6.45, 7) is 4.43. The summed E-state index contributed by atoms with van der Waals surface area (Å²) in [5.74, 6) is -0.0208. The average Bonchev–Trinajstić information content (AvgIpc) is 3.31. The molecule has 2 aliphatic heterocycles. The molecule has 5 rings (SSSR count). The summed E-state index contributed by atoms with van der Waals surface area (Å²) in [5.41, 5.74) is 0.0618. The maximum atomic E-state index is 13.0. The summed E-state index contributed by atoms with van der Waals surface area (Å²) in [6.07, 6.45) is 1.79. The van der Waals surface area contributed by atoms with Crippen LogP contribution in [0.5, 0.6) is 5.75 Å².